The summed E-state index contributed by atoms with van der Waals surface area (Å²) in [6.07, 6.45) is 7.43. The van der Waals surface area contributed by atoms with E-state index in [4.69, 9.17) is 23.2 Å². The molecule has 0 unspecified atom stereocenters. The summed E-state index contributed by atoms with van der Waals surface area (Å²) in [6.45, 7) is 4.07. The van der Waals surface area contributed by atoms with Crippen molar-refractivity contribution in [1.29, 1.82) is 0 Å². The zero-order chi connectivity index (χ0) is 19.2. The van der Waals surface area contributed by atoms with Gasteiger partial charge >= 0.3 is 0 Å². The number of aromatic nitrogens is 3. The third-order valence-electron chi connectivity index (χ3n) is 4.55. The van der Waals surface area contributed by atoms with Crippen LogP contribution in [0.5, 0.6) is 0 Å². The lowest BCUT2D eigenvalue weighted by molar-refractivity contribution is -0.118. The monoisotopic (exact) mass is 424 g/mol. The summed E-state index contributed by atoms with van der Waals surface area (Å²) in [5, 5.41) is 13.4. The van der Waals surface area contributed by atoms with Gasteiger partial charge in [-0.1, -0.05) is 60.3 Å². The van der Waals surface area contributed by atoms with Gasteiger partial charge in [0.25, 0.3) is 0 Å². The molecular formula is C19H22Cl2N4OS. The van der Waals surface area contributed by atoms with Crippen LogP contribution in [0.3, 0.4) is 0 Å². The molecular weight excluding hydrogens is 403 g/mol. The molecule has 1 aromatic carbocycles. The van der Waals surface area contributed by atoms with Crippen molar-refractivity contribution in [2.24, 2.45) is 0 Å². The molecule has 0 radical (unpaired) electrons. The van der Waals surface area contributed by atoms with Gasteiger partial charge in [0, 0.05) is 23.2 Å². The van der Waals surface area contributed by atoms with Gasteiger partial charge < -0.3 is 5.32 Å². The Morgan fingerprint density at radius 2 is 2.07 bits per heavy atom. The largest absolute Gasteiger partial charge is 0.352 e. The van der Waals surface area contributed by atoms with Gasteiger partial charge in [-0.05, 0) is 31.0 Å². The van der Waals surface area contributed by atoms with Crippen molar-refractivity contribution in [3.8, 4) is 11.4 Å². The fraction of sp³-hybridized carbons (Fsp3) is 0.421. The van der Waals surface area contributed by atoms with E-state index in [1.54, 1.807) is 18.2 Å². The molecule has 0 spiro atoms. The average Bonchev–Trinajstić information content (AvgIpc) is 3.09. The second-order valence-corrected chi connectivity index (χ2v) is 8.26. The first-order valence-electron chi connectivity index (χ1n) is 9.01. The molecule has 5 nitrogen and oxygen atoms in total. The number of carbonyl (C=O) groups is 1. The summed E-state index contributed by atoms with van der Waals surface area (Å²) in [5.74, 6) is 0.967. The zero-order valence-corrected chi connectivity index (χ0v) is 17.3. The Hall–Kier alpha value is -1.50. The Labute approximate surface area is 173 Å². The van der Waals surface area contributed by atoms with Gasteiger partial charge in [0.15, 0.2) is 11.0 Å². The molecule has 0 saturated heterocycles. The van der Waals surface area contributed by atoms with Crippen molar-refractivity contribution >= 4 is 40.9 Å². The SMILES string of the molecule is C=CCNC(=O)CSc1nnc(-c2ccc(Cl)cc2Cl)n1C1CCCCC1. The highest BCUT2D eigenvalue weighted by Crippen LogP contribution is 2.37. The predicted octanol–water partition coefficient (Wildman–Crippen LogP) is 5.15. The lowest BCUT2D eigenvalue weighted by atomic mass is 9.95. The van der Waals surface area contributed by atoms with Gasteiger partial charge in [-0.3, -0.25) is 9.36 Å². The van der Waals surface area contributed by atoms with Crippen LogP contribution in [-0.2, 0) is 4.79 Å². The summed E-state index contributed by atoms with van der Waals surface area (Å²) in [5.41, 5.74) is 0.807. The van der Waals surface area contributed by atoms with Crippen LogP contribution < -0.4 is 5.32 Å². The maximum absolute atomic E-state index is 12.0. The number of carbonyl (C=O) groups excluding carboxylic acids is 1. The van der Waals surface area contributed by atoms with Crippen LogP contribution in [0.15, 0.2) is 36.0 Å². The minimum absolute atomic E-state index is 0.0517. The van der Waals surface area contributed by atoms with Gasteiger partial charge in [0.05, 0.1) is 10.8 Å². The topological polar surface area (TPSA) is 59.8 Å². The highest BCUT2D eigenvalue weighted by atomic mass is 35.5. The molecule has 1 aliphatic rings. The molecule has 27 heavy (non-hydrogen) atoms. The number of nitrogens with zero attached hydrogens (tertiary/aromatic N) is 3. The van der Waals surface area contributed by atoms with Crippen LogP contribution in [0.1, 0.15) is 38.1 Å². The van der Waals surface area contributed by atoms with Crippen molar-refractivity contribution in [2.45, 2.75) is 43.3 Å². The van der Waals surface area contributed by atoms with Gasteiger partial charge in [0.2, 0.25) is 5.91 Å². The third-order valence-corrected chi connectivity index (χ3v) is 6.04. The third kappa shape index (κ3) is 5.06. The number of nitrogens with one attached hydrogen (secondary N) is 1. The number of rotatable bonds is 7. The van der Waals surface area contributed by atoms with Crippen LogP contribution in [0.25, 0.3) is 11.4 Å². The molecule has 1 saturated carbocycles. The summed E-state index contributed by atoms with van der Waals surface area (Å²) in [7, 11) is 0. The summed E-state index contributed by atoms with van der Waals surface area (Å²) in [4.78, 5) is 12.0. The number of hydrogen-bond acceptors (Lipinski definition) is 4. The second-order valence-electron chi connectivity index (χ2n) is 6.47. The summed E-state index contributed by atoms with van der Waals surface area (Å²) in [6, 6.07) is 5.71. The molecule has 144 valence electrons. The van der Waals surface area contributed by atoms with E-state index in [2.05, 4.69) is 26.7 Å². The van der Waals surface area contributed by atoms with E-state index in [9.17, 15) is 4.79 Å². The van der Waals surface area contributed by atoms with E-state index in [0.717, 1.165) is 29.4 Å². The molecule has 0 bridgehead atoms. The van der Waals surface area contributed by atoms with Crippen molar-refractivity contribution in [3.63, 3.8) is 0 Å². The first kappa shape index (κ1) is 20.2. The molecule has 1 amide bonds. The molecule has 1 aromatic heterocycles. The quantitative estimate of drug-likeness (QED) is 0.492. The Morgan fingerprint density at radius 1 is 1.30 bits per heavy atom. The molecule has 2 aromatic rings. The molecule has 1 N–H and O–H groups in total. The Bertz CT molecular complexity index is 818. The fourth-order valence-electron chi connectivity index (χ4n) is 3.27. The standard InChI is InChI=1S/C19H22Cl2N4OS/c1-2-10-22-17(26)12-27-19-24-23-18(15-9-8-13(20)11-16(15)21)25(19)14-6-4-3-5-7-14/h2,8-9,11,14H,1,3-7,10,12H2,(H,22,26). The molecule has 1 heterocycles. The first-order chi connectivity index (χ1) is 13.1. The van der Waals surface area contributed by atoms with Crippen molar-refractivity contribution < 1.29 is 4.79 Å². The number of thioether (sulfide) groups is 1. The Morgan fingerprint density at radius 3 is 2.78 bits per heavy atom. The van der Waals surface area contributed by atoms with E-state index in [0.29, 0.717) is 22.6 Å². The van der Waals surface area contributed by atoms with Crippen LogP contribution in [-0.4, -0.2) is 33.0 Å². The molecule has 8 heteroatoms. The first-order valence-corrected chi connectivity index (χ1v) is 10.7. The number of halogens is 2. The maximum atomic E-state index is 12.0. The van der Waals surface area contributed by atoms with Gasteiger partial charge in [0.1, 0.15) is 0 Å². The summed E-state index contributed by atoms with van der Waals surface area (Å²) < 4.78 is 2.15. The lowest BCUT2D eigenvalue weighted by Crippen LogP contribution is -2.25. The highest BCUT2D eigenvalue weighted by Gasteiger charge is 2.25. The minimum atomic E-state index is -0.0517. The van der Waals surface area contributed by atoms with Crippen molar-refractivity contribution in [1.82, 2.24) is 20.1 Å². The van der Waals surface area contributed by atoms with Gasteiger partial charge in [-0.15, -0.1) is 16.8 Å². The number of amides is 1. The lowest BCUT2D eigenvalue weighted by Gasteiger charge is -2.25. The number of benzene rings is 1. The molecule has 0 aliphatic heterocycles. The van der Waals surface area contributed by atoms with Crippen LogP contribution in [0.2, 0.25) is 10.0 Å². The molecule has 1 aliphatic carbocycles. The normalized spacial score (nSPS) is 14.9. The van der Waals surface area contributed by atoms with Gasteiger partial charge in [-0.25, -0.2) is 0 Å². The smallest absolute Gasteiger partial charge is 0.230 e. The number of hydrogen-bond donors (Lipinski definition) is 1. The minimum Gasteiger partial charge on any atom is -0.352 e. The van der Waals surface area contributed by atoms with Crippen molar-refractivity contribution in [2.75, 3.05) is 12.3 Å². The van der Waals surface area contributed by atoms with E-state index in [1.807, 2.05) is 6.07 Å². The van der Waals surface area contributed by atoms with Gasteiger partial charge in [-0.2, -0.15) is 0 Å². The van der Waals surface area contributed by atoms with E-state index >= 15 is 0 Å². The van der Waals surface area contributed by atoms with Crippen molar-refractivity contribution in [3.05, 3.63) is 40.9 Å². The molecule has 0 atom stereocenters. The molecule has 1 fully saturated rings. The van der Waals surface area contributed by atoms with E-state index in [1.165, 1.54) is 31.0 Å². The highest BCUT2D eigenvalue weighted by molar-refractivity contribution is 7.99. The Kier molecular flexibility index (Phi) is 7.21. The summed E-state index contributed by atoms with van der Waals surface area (Å²) >= 11 is 13.9. The van der Waals surface area contributed by atoms with Crippen LogP contribution in [0.4, 0.5) is 0 Å². The van der Waals surface area contributed by atoms with E-state index in [-0.39, 0.29) is 11.7 Å². The maximum Gasteiger partial charge on any atom is 0.230 e. The molecule has 3 rings (SSSR count). The van der Waals surface area contributed by atoms with E-state index < -0.39 is 0 Å². The zero-order valence-electron chi connectivity index (χ0n) is 15.0. The second kappa shape index (κ2) is 9.62. The van der Waals surface area contributed by atoms with Crippen LogP contribution in [0, 0.1) is 0 Å². The predicted molar refractivity (Wildman–Crippen MR) is 112 cm³/mol. The van der Waals surface area contributed by atoms with Crippen LogP contribution >= 0.6 is 35.0 Å². The fourth-order valence-corrected chi connectivity index (χ4v) is 4.59. The average molecular weight is 425 g/mol. The Balaban J connectivity index is 1.90.